The topological polar surface area (TPSA) is 75.0 Å². The van der Waals surface area contributed by atoms with Crippen molar-refractivity contribution in [2.75, 3.05) is 18.5 Å². The third kappa shape index (κ3) is 2.08. The van der Waals surface area contributed by atoms with Crippen LogP contribution in [0.5, 0.6) is 0 Å². The van der Waals surface area contributed by atoms with Crippen LogP contribution in [0, 0.1) is 28.1 Å². The van der Waals surface area contributed by atoms with Gasteiger partial charge in [-0.05, 0) is 60.6 Å². The van der Waals surface area contributed by atoms with Crippen LogP contribution in [0.2, 0.25) is 0 Å². The number of benzene rings is 1. The number of rotatable bonds is 3. The molecule has 3 atom stereocenters. The van der Waals surface area contributed by atoms with Crippen molar-refractivity contribution in [2.24, 2.45) is 16.7 Å². The minimum Gasteiger partial charge on any atom is -0.381 e. The first kappa shape index (κ1) is 15.6. The molecule has 4 fully saturated rings. The lowest BCUT2D eigenvalue weighted by Crippen LogP contribution is -2.19. The first-order valence-electron chi connectivity index (χ1n) is 9.80. The van der Waals surface area contributed by atoms with Crippen LogP contribution >= 0.6 is 0 Å². The number of amides is 1. The molecule has 0 radical (unpaired) electrons. The summed E-state index contributed by atoms with van der Waals surface area (Å²) in [5.41, 5.74) is 1.15. The van der Waals surface area contributed by atoms with Crippen molar-refractivity contribution in [2.45, 2.75) is 37.5 Å². The summed E-state index contributed by atoms with van der Waals surface area (Å²) >= 11 is 0. The molecule has 2 unspecified atom stereocenters. The molecule has 1 saturated heterocycles. The Labute approximate surface area is 157 Å². The van der Waals surface area contributed by atoms with E-state index in [-0.39, 0.29) is 28.1 Å². The highest BCUT2D eigenvalue weighted by molar-refractivity contribution is 5.96. The molecule has 1 aromatic heterocycles. The molecule has 2 heterocycles. The van der Waals surface area contributed by atoms with Crippen molar-refractivity contribution < 1.29 is 9.53 Å². The molecular formula is C22H21N3O2. The van der Waals surface area contributed by atoms with E-state index in [4.69, 9.17) is 4.74 Å². The van der Waals surface area contributed by atoms with E-state index in [1.54, 1.807) is 6.20 Å². The van der Waals surface area contributed by atoms with Gasteiger partial charge in [-0.15, -0.1) is 0 Å². The van der Waals surface area contributed by atoms with Gasteiger partial charge in [0, 0.05) is 29.5 Å². The number of anilines is 1. The number of ether oxygens (including phenoxy) is 1. The largest absolute Gasteiger partial charge is 0.381 e. The maximum absolute atomic E-state index is 12.6. The second-order valence-corrected chi connectivity index (χ2v) is 9.02. The Kier molecular flexibility index (Phi) is 2.82. The second kappa shape index (κ2) is 4.88. The molecule has 4 aliphatic rings. The normalized spacial score (nSPS) is 34.6. The summed E-state index contributed by atoms with van der Waals surface area (Å²) in [4.78, 5) is 17.0. The van der Waals surface area contributed by atoms with E-state index in [9.17, 15) is 10.1 Å². The van der Waals surface area contributed by atoms with Crippen LogP contribution in [0.15, 0.2) is 30.5 Å². The molecule has 3 saturated carbocycles. The van der Waals surface area contributed by atoms with Crippen molar-refractivity contribution >= 4 is 22.5 Å². The maximum atomic E-state index is 12.6. The highest BCUT2D eigenvalue weighted by Crippen LogP contribution is 2.78. The van der Waals surface area contributed by atoms with Gasteiger partial charge in [-0.25, -0.2) is 4.98 Å². The molecule has 1 amide bonds. The molecule has 5 nitrogen and oxygen atoms in total. The molecule has 2 aromatic rings. The quantitative estimate of drug-likeness (QED) is 0.909. The lowest BCUT2D eigenvalue weighted by atomic mass is 9.92. The van der Waals surface area contributed by atoms with Crippen LogP contribution in [0.4, 0.5) is 5.82 Å². The predicted molar refractivity (Wildman–Crippen MR) is 99.9 cm³/mol. The zero-order valence-electron chi connectivity index (χ0n) is 15.1. The lowest BCUT2D eigenvalue weighted by Gasteiger charge is -2.11. The smallest absolute Gasteiger partial charge is 0.229 e. The van der Waals surface area contributed by atoms with Crippen molar-refractivity contribution in [3.8, 4) is 6.07 Å². The van der Waals surface area contributed by atoms with Gasteiger partial charge in [-0.3, -0.25) is 4.79 Å². The Bertz CT molecular complexity index is 1030. The Balaban J connectivity index is 1.27. The Hall–Kier alpha value is -2.45. The van der Waals surface area contributed by atoms with E-state index < -0.39 is 0 Å². The second-order valence-electron chi connectivity index (χ2n) is 9.02. The number of carbonyl (C=O) groups excluding carboxylic acids is 1. The summed E-state index contributed by atoms with van der Waals surface area (Å²) in [5.74, 6) is 0.691. The van der Waals surface area contributed by atoms with Crippen LogP contribution in [0.3, 0.4) is 0 Å². The molecule has 136 valence electrons. The zero-order chi connectivity index (χ0) is 18.3. The van der Waals surface area contributed by atoms with Crippen LogP contribution in [-0.2, 0) is 14.9 Å². The van der Waals surface area contributed by atoms with E-state index in [2.05, 4.69) is 28.5 Å². The summed E-state index contributed by atoms with van der Waals surface area (Å²) in [6.07, 6.45) is 7.03. The van der Waals surface area contributed by atoms with Crippen molar-refractivity contribution in [1.29, 1.82) is 5.26 Å². The highest BCUT2D eigenvalue weighted by atomic mass is 16.5. The number of carbonyl (C=O) groups is 1. The number of fused-ring (bicyclic) bond motifs is 1. The maximum Gasteiger partial charge on any atom is 0.229 e. The number of aromatic nitrogens is 1. The lowest BCUT2D eigenvalue weighted by molar-refractivity contribution is -0.118. The predicted octanol–water partition coefficient (Wildman–Crippen LogP) is 3.55. The van der Waals surface area contributed by atoms with E-state index in [0.717, 1.165) is 42.2 Å². The molecule has 0 bridgehead atoms. The van der Waals surface area contributed by atoms with Crippen molar-refractivity contribution in [3.63, 3.8) is 0 Å². The summed E-state index contributed by atoms with van der Waals surface area (Å²) in [6, 6.07) is 10.8. The fourth-order valence-electron chi connectivity index (χ4n) is 5.31. The first-order chi connectivity index (χ1) is 13.1. The monoisotopic (exact) mass is 359 g/mol. The van der Waals surface area contributed by atoms with Crippen molar-refractivity contribution in [3.05, 3.63) is 36.0 Å². The zero-order valence-corrected chi connectivity index (χ0v) is 15.1. The van der Waals surface area contributed by atoms with Crippen LogP contribution in [-0.4, -0.2) is 24.1 Å². The summed E-state index contributed by atoms with van der Waals surface area (Å²) in [5, 5.41) is 14.8. The number of hydrogen-bond donors (Lipinski definition) is 1. The van der Waals surface area contributed by atoms with Crippen LogP contribution in [0.25, 0.3) is 10.8 Å². The minimum atomic E-state index is -0.295. The van der Waals surface area contributed by atoms with Crippen LogP contribution < -0.4 is 5.32 Å². The van der Waals surface area contributed by atoms with Gasteiger partial charge in [0.15, 0.2) is 0 Å². The molecule has 1 N–H and O–H groups in total. The molecule has 1 aliphatic heterocycles. The van der Waals surface area contributed by atoms with Gasteiger partial charge in [0.2, 0.25) is 5.91 Å². The third-order valence-corrected chi connectivity index (χ3v) is 7.53. The molecule has 3 aliphatic carbocycles. The van der Waals surface area contributed by atoms with Crippen molar-refractivity contribution in [1.82, 2.24) is 4.98 Å². The van der Waals surface area contributed by atoms with E-state index in [0.29, 0.717) is 12.4 Å². The number of pyridine rings is 1. The third-order valence-electron chi connectivity index (χ3n) is 7.53. The Morgan fingerprint density at radius 3 is 2.85 bits per heavy atom. The Morgan fingerprint density at radius 2 is 2.15 bits per heavy atom. The highest BCUT2D eigenvalue weighted by Gasteiger charge is 2.75. The number of nitrogens with zero attached hydrogens (tertiary/aromatic N) is 2. The van der Waals surface area contributed by atoms with Gasteiger partial charge in [-0.2, -0.15) is 5.26 Å². The molecule has 6 rings (SSSR count). The summed E-state index contributed by atoms with van der Waals surface area (Å²) < 4.78 is 5.47. The van der Waals surface area contributed by atoms with E-state index >= 15 is 0 Å². The van der Waals surface area contributed by atoms with Crippen LogP contribution in [0.1, 0.15) is 37.7 Å². The van der Waals surface area contributed by atoms with Gasteiger partial charge >= 0.3 is 0 Å². The van der Waals surface area contributed by atoms with Gasteiger partial charge in [0.25, 0.3) is 0 Å². The fraction of sp³-hybridized carbons (Fsp3) is 0.500. The molecular weight excluding hydrogens is 338 g/mol. The standard InChI is InChI=1S/C22H21N3O2/c23-12-22(11-21(22)3-4-21)16-2-1-14-10-24-18(8-15(14)7-16)25-19(26)17-9-20(17)5-6-27-13-20/h1-2,7-8,10,17H,3-6,9,11,13H2,(H,24,25,26)/t17?,20?,22-/m1/s1. The average Bonchev–Trinajstić information content (AvgIpc) is 3.61. The first-order valence-corrected chi connectivity index (χ1v) is 9.80. The molecule has 5 heteroatoms. The number of nitriles is 1. The van der Waals surface area contributed by atoms with Gasteiger partial charge in [0.1, 0.15) is 5.82 Å². The molecule has 1 aromatic carbocycles. The van der Waals surface area contributed by atoms with E-state index in [1.165, 1.54) is 12.8 Å². The van der Waals surface area contributed by atoms with E-state index in [1.807, 2.05) is 12.1 Å². The number of hydrogen-bond acceptors (Lipinski definition) is 4. The van der Waals surface area contributed by atoms with Gasteiger partial charge < -0.3 is 10.1 Å². The average molecular weight is 359 g/mol. The van der Waals surface area contributed by atoms with Gasteiger partial charge in [-0.1, -0.05) is 12.1 Å². The summed E-state index contributed by atoms with van der Waals surface area (Å²) in [7, 11) is 0. The van der Waals surface area contributed by atoms with Gasteiger partial charge in [0.05, 0.1) is 18.1 Å². The Morgan fingerprint density at radius 1 is 1.26 bits per heavy atom. The molecule has 27 heavy (non-hydrogen) atoms. The number of nitrogens with one attached hydrogen (secondary N) is 1. The minimum absolute atomic E-state index is 0.0480. The SMILES string of the molecule is N#C[C@@]1(c2ccc3cnc(NC(=O)C4CC45CCOC5)cc3c2)CC12CC2. The fourth-order valence-corrected chi connectivity index (χ4v) is 5.31. The molecule has 2 spiro atoms. The summed E-state index contributed by atoms with van der Waals surface area (Å²) in [6.45, 7) is 1.47.